The third-order valence-corrected chi connectivity index (χ3v) is 8.79. The van der Waals surface area contributed by atoms with Crippen molar-refractivity contribution < 1.29 is 61.9 Å². The van der Waals surface area contributed by atoms with Gasteiger partial charge in [0.1, 0.15) is 11.2 Å². The van der Waals surface area contributed by atoms with E-state index in [1.54, 1.807) is 0 Å². The molecule has 58 heavy (non-hydrogen) atoms. The molecule has 0 aliphatic rings. The van der Waals surface area contributed by atoms with Crippen molar-refractivity contribution in [1.29, 1.82) is 0 Å². The summed E-state index contributed by atoms with van der Waals surface area (Å²) in [6.07, 6.45) is 10.00. The summed E-state index contributed by atoms with van der Waals surface area (Å²) in [4.78, 5) is 59.1. The minimum Gasteiger partial charge on any atom is -0.444 e. The van der Waals surface area contributed by atoms with Crippen LogP contribution in [-0.2, 0) is 37.9 Å². The van der Waals surface area contributed by atoms with E-state index >= 15 is 0 Å². The molecule has 340 valence electrons. The number of ether oxygens (including phenoxy) is 8. The average molecular weight is 833 g/mol. The number of hydrogen-bond acceptors (Lipinski definition) is 13. The highest BCUT2D eigenvalue weighted by Gasteiger charge is 2.20. The smallest absolute Gasteiger partial charge is 0.444 e. The van der Waals surface area contributed by atoms with Crippen LogP contribution >= 0.6 is 0 Å². The van der Waals surface area contributed by atoms with E-state index in [9.17, 15) is 24.0 Å². The molecule has 2 amide bonds. The molecule has 0 saturated heterocycles. The number of hydrogen-bond donors (Lipinski definition) is 2. The molecule has 15 heteroatoms. The van der Waals surface area contributed by atoms with Gasteiger partial charge in [0.15, 0.2) is 0 Å². The van der Waals surface area contributed by atoms with Crippen LogP contribution in [0.2, 0.25) is 0 Å². The molecule has 0 aliphatic carbocycles. The zero-order chi connectivity index (χ0) is 43.9. The first kappa shape index (κ1) is 54.3. The van der Waals surface area contributed by atoms with Crippen molar-refractivity contribution in [2.45, 2.75) is 183 Å². The molecule has 0 rings (SSSR count). The van der Waals surface area contributed by atoms with E-state index in [1.807, 2.05) is 41.5 Å². The third kappa shape index (κ3) is 37.9. The monoisotopic (exact) mass is 833 g/mol. The van der Waals surface area contributed by atoms with Crippen LogP contribution < -0.4 is 10.6 Å². The summed E-state index contributed by atoms with van der Waals surface area (Å²) in [7, 11) is 0. The summed E-state index contributed by atoms with van der Waals surface area (Å²) in [5.74, 6) is 0. The maximum atomic E-state index is 12.1. The van der Waals surface area contributed by atoms with Gasteiger partial charge in [-0.2, -0.15) is 0 Å². The quantitative estimate of drug-likeness (QED) is 0.0396. The van der Waals surface area contributed by atoms with Gasteiger partial charge in [-0.15, -0.1) is 0 Å². The summed E-state index contributed by atoms with van der Waals surface area (Å²) in [6.45, 7) is 22.3. The minimum absolute atomic E-state index is 0.0126. The van der Waals surface area contributed by atoms with Crippen molar-refractivity contribution in [2.75, 3.05) is 52.7 Å². The van der Waals surface area contributed by atoms with Crippen molar-refractivity contribution in [1.82, 2.24) is 10.6 Å². The van der Waals surface area contributed by atoms with Gasteiger partial charge in [0.05, 0.1) is 39.6 Å². The molecule has 0 saturated carbocycles. The molecule has 0 spiro atoms. The average Bonchev–Trinajstić information content (AvgIpc) is 3.09. The first-order chi connectivity index (χ1) is 27.1. The lowest BCUT2D eigenvalue weighted by Crippen LogP contribution is -2.33. The van der Waals surface area contributed by atoms with Crippen LogP contribution in [0.4, 0.5) is 24.0 Å². The Hall–Kier alpha value is -3.65. The standard InChI is InChI=1S/C43H80N2O13/c1-40(2,3)57-35(46)44-27-15-11-13-17-29-51-37(48)53-31-19-23-42(7,8)25-21-33-55-39(50)56-34-22-26-43(9,10)24-20-32-54-38(49)52-30-18-14-12-16-28-45-36(47)58-41(4,5)6/h11-34H2,1-10H3,(H,44,46)(H,45,47). The summed E-state index contributed by atoms with van der Waals surface area (Å²) in [5, 5.41) is 5.46. The number of amides is 2. The molecule has 0 aromatic carbocycles. The molecule has 0 heterocycles. The maximum absolute atomic E-state index is 12.1. The van der Waals surface area contributed by atoms with Crippen LogP contribution in [0.5, 0.6) is 0 Å². The molecule has 0 fully saturated rings. The van der Waals surface area contributed by atoms with Crippen molar-refractivity contribution >= 4 is 30.7 Å². The second kappa shape index (κ2) is 30.4. The minimum atomic E-state index is -0.667. The highest BCUT2D eigenvalue weighted by Crippen LogP contribution is 2.29. The van der Waals surface area contributed by atoms with Crippen molar-refractivity contribution in [3.8, 4) is 0 Å². The Morgan fingerprint density at radius 3 is 0.845 bits per heavy atom. The SMILES string of the molecule is CC(C)(CCCOC(=O)OCCCCCCNC(=O)OC(C)(C)C)CCCOC(=O)OCCCC(C)(C)CCCOC(=O)OCCCCCCNC(=O)OC(C)(C)C. The molecule has 2 N–H and O–H groups in total. The Morgan fingerprint density at radius 2 is 0.586 bits per heavy atom. The second-order valence-electron chi connectivity index (χ2n) is 18.3. The Balaban J connectivity index is 3.76. The second-order valence-corrected chi connectivity index (χ2v) is 18.3. The molecule has 0 aromatic heterocycles. The molecule has 0 bridgehead atoms. The van der Waals surface area contributed by atoms with Crippen LogP contribution in [-0.4, -0.2) is 94.6 Å². The van der Waals surface area contributed by atoms with Gasteiger partial charge in [-0.3, -0.25) is 0 Å². The zero-order valence-electron chi connectivity index (χ0n) is 37.8. The number of carbonyl (C=O) groups is 5. The van der Waals surface area contributed by atoms with Crippen LogP contribution in [0, 0.1) is 10.8 Å². The Morgan fingerprint density at radius 1 is 0.345 bits per heavy atom. The Bertz CT molecular complexity index is 1060. The van der Waals surface area contributed by atoms with Gasteiger partial charge in [-0.25, -0.2) is 24.0 Å². The van der Waals surface area contributed by atoms with Gasteiger partial charge < -0.3 is 48.5 Å². The molecular formula is C43H80N2O13. The van der Waals surface area contributed by atoms with E-state index in [-0.39, 0.29) is 37.3 Å². The van der Waals surface area contributed by atoms with E-state index in [4.69, 9.17) is 37.9 Å². The fourth-order valence-electron chi connectivity index (χ4n) is 5.68. The highest BCUT2D eigenvalue weighted by atomic mass is 16.7. The van der Waals surface area contributed by atoms with Crippen molar-refractivity contribution in [2.24, 2.45) is 10.8 Å². The predicted octanol–water partition coefficient (Wildman–Crippen LogP) is 10.8. The Kier molecular flexibility index (Phi) is 28.5. The number of nitrogens with one attached hydrogen (secondary N) is 2. The topological polar surface area (TPSA) is 183 Å². The van der Waals surface area contributed by atoms with E-state index in [0.29, 0.717) is 52.0 Å². The lowest BCUT2D eigenvalue weighted by molar-refractivity contribution is 0.0455. The normalized spacial score (nSPS) is 11.9. The van der Waals surface area contributed by atoms with E-state index in [1.165, 1.54) is 0 Å². The van der Waals surface area contributed by atoms with Gasteiger partial charge in [0.25, 0.3) is 0 Å². The number of rotatable bonds is 30. The van der Waals surface area contributed by atoms with Crippen LogP contribution in [0.3, 0.4) is 0 Å². The molecular weight excluding hydrogens is 752 g/mol. The molecule has 0 aromatic rings. The van der Waals surface area contributed by atoms with E-state index in [2.05, 4.69) is 38.3 Å². The first-order valence-corrected chi connectivity index (χ1v) is 21.4. The van der Waals surface area contributed by atoms with Crippen molar-refractivity contribution in [3.63, 3.8) is 0 Å². The van der Waals surface area contributed by atoms with E-state index < -0.39 is 41.9 Å². The molecule has 0 radical (unpaired) electrons. The van der Waals surface area contributed by atoms with Gasteiger partial charge in [0.2, 0.25) is 0 Å². The fourth-order valence-corrected chi connectivity index (χ4v) is 5.68. The lowest BCUT2D eigenvalue weighted by Gasteiger charge is -2.24. The zero-order valence-corrected chi connectivity index (χ0v) is 37.8. The predicted molar refractivity (Wildman–Crippen MR) is 222 cm³/mol. The Labute approximate surface area is 349 Å². The maximum Gasteiger partial charge on any atom is 0.508 e. The molecule has 15 nitrogen and oxygen atoms in total. The van der Waals surface area contributed by atoms with Crippen molar-refractivity contribution in [3.05, 3.63) is 0 Å². The summed E-state index contributed by atoms with van der Waals surface area (Å²) in [5.41, 5.74) is -1.05. The lowest BCUT2D eigenvalue weighted by atomic mass is 9.83. The number of carbonyl (C=O) groups excluding carboxylic acids is 5. The van der Waals surface area contributed by atoms with Gasteiger partial charge in [-0.05, 0) is 142 Å². The first-order valence-electron chi connectivity index (χ1n) is 21.4. The summed E-state index contributed by atoms with van der Waals surface area (Å²) >= 11 is 0. The van der Waals surface area contributed by atoms with Crippen LogP contribution in [0.25, 0.3) is 0 Å². The van der Waals surface area contributed by atoms with Gasteiger partial charge in [-0.1, -0.05) is 40.5 Å². The highest BCUT2D eigenvalue weighted by molar-refractivity contribution is 5.68. The van der Waals surface area contributed by atoms with Crippen LogP contribution in [0.1, 0.15) is 172 Å². The van der Waals surface area contributed by atoms with Gasteiger partial charge >= 0.3 is 30.7 Å². The summed E-state index contributed by atoms with van der Waals surface area (Å²) in [6, 6.07) is 0. The van der Waals surface area contributed by atoms with Gasteiger partial charge in [0, 0.05) is 13.1 Å². The largest absolute Gasteiger partial charge is 0.508 e. The fraction of sp³-hybridized carbons (Fsp3) is 0.884. The number of alkyl carbamates (subject to hydrolysis) is 2. The number of unbranched alkanes of at least 4 members (excludes halogenated alkanes) is 6. The molecule has 0 unspecified atom stereocenters. The van der Waals surface area contributed by atoms with E-state index in [0.717, 1.165) is 77.0 Å². The third-order valence-electron chi connectivity index (χ3n) is 8.79. The summed E-state index contributed by atoms with van der Waals surface area (Å²) < 4.78 is 41.6. The molecule has 0 aliphatic heterocycles. The van der Waals surface area contributed by atoms with Crippen LogP contribution in [0.15, 0.2) is 0 Å². The molecule has 0 atom stereocenters.